The van der Waals surface area contributed by atoms with Crippen LogP contribution in [0.1, 0.15) is 30.9 Å². The molecule has 0 heterocycles. The maximum Gasteiger partial charge on any atom is 0.122 e. The van der Waals surface area contributed by atoms with Gasteiger partial charge in [-0.1, -0.05) is 19.4 Å². The lowest BCUT2D eigenvalue weighted by molar-refractivity contribution is 0.408. The molecule has 1 aromatic carbocycles. The molecular weight excluding hydrogens is 179 g/mol. The number of benzene rings is 1. The zero-order chi connectivity index (χ0) is 10.4. The van der Waals surface area contributed by atoms with Crippen LogP contribution < -0.4 is 4.74 Å². The van der Waals surface area contributed by atoms with Crippen molar-refractivity contribution in [3.63, 3.8) is 0 Å². The third kappa shape index (κ3) is 2.72. The van der Waals surface area contributed by atoms with Crippen LogP contribution in [0.3, 0.4) is 0 Å². The predicted octanol–water partition coefficient (Wildman–Crippen LogP) is 3.51. The van der Waals surface area contributed by atoms with E-state index in [2.05, 4.69) is 6.92 Å². The van der Waals surface area contributed by atoms with E-state index in [9.17, 15) is 4.39 Å². The summed E-state index contributed by atoms with van der Waals surface area (Å²) >= 11 is 0. The average molecular weight is 196 g/mol. The molecule has 0 unspecified atom stereocenters. The predicted molar refractivity (Wildman–Crippen MR) is 56.4 cm³/mol. The molecule has 14 heavy (non-hydrogen) atoms. The van der Waals surface area contributed by atoms with Crippen LogP contribution in [0.15, 0.2) is 18.2 Å². The minimum absolute atomic E-state index is 0.400. The molecule has 1 rings (SSSR count). The summed E-state index contributed by atoms with van der Waals surface area (Å²) in [6, 6.07) is 5.52. The van der Waals surface area contributed by atoms with Gasteiger partial charge in [0.25, 0.3) is 0 Å². The summed E-state index contributed by atoms with van der Waals surface area (Å²) in [4.78, 5) is 0. The van der Waals surface area contributed by atoms with Gasteiger partial charge in [0.15, 0.2) is 0 Å². The van der Waals surface area contributed by atoms with Crippen LogP contribution in [-0.4, -0.2) is 7.11 Å². The number of methoxy groups -OCH3 is 1. The van der Waals surface area contributed by atoms with Crippen molar-refractivity contribution in [1.29, 1.82) is 0 Å². The monoisotopic (exact) mass is 196 g/mol. The first-order valence-electron chi connectivity index (χ1n) is 5.03. The van der Waals surface area contributed by atoms with Crippen molar-refractivity contribution in [3.05, 3.63) is 29.3 Å². The highest BCUT2D eigenvalue weighted by Crippen LogP contribution is 2.22. The van der Waals surface area contributed by atoms with Crippen molar-refractivity contribution < 1.29 is 9.13 Å². The second-order valence-electron chi connectivity index (χ2n) is 3.38. The SMILES string of the molecule is CCCCc1cc(CF)ccc1OC. The Balaban J connectivity index is 2.84. The summed E-state index contributed by atoms with van der Waals surface area (Å²) in [5, 5.41) is 0. The van der Waals surface area contributed by atoms with Crippen molar-refractivity contribution in [2.24, 2.45) is 0 Å². The molecular formula is C12H17FO. The van der Waals surface area contributed by atoms with Crippen molar-refractivity contribution >= 4 is 0 Å². The second kappa shape index (κ2) is 5.63. The standard InChI is InChI=1S/C12H17FO/c1-3-4-5-11-8-10(9-13)6-7-12(11)14-2/h6-8H,3-5,9H2,1-2H3. The number of hydrogen-bond donors (Lipinski definition) is 0. The Kier molecular flexibility index (Phi) is 4.44. The highest BCUT2D eigenvalue weighted by Gasteiger charge is 2.03. The molecule has 0 aromatic heterocycles. The van der Waals surface area contributed by atoms with Crippen molar-refractivity contribution in [2.75, 3.05) is 7.11 Å². The number of rotatable bonds is 5. The molecule has 78 valence electrons. The summed E-state index contributed by atoms with van der Waals surface area (Å²) in [5.41, 5.74) is 1.85. The number of halogens is 1. The second-order valence-corrected chi connectivity index (χ2v) is 3.38. The van der Waals surface area contributed by atoms with E-state index in [0.29, 0.717) is 0 Å². The summed E-state index contributed by atoms with van der Waals surface area (Å²) in [6.07, 6.45) is 3.22. The molecule has 0 spiro atoms. The summed E-state index contributed by atoms with van der Waals surface area (Å²) in [7, 11) is 1.65. The third-order valence-electron chi connectivity index (χ3n) is 2.30. The van der Waals surface area contributed by atoms with Crippen molar-refractivity contribution in [2.45, 2.75) is 32.9 Å². The highest BCUT2D eigenvalue weighted by molar-refractivity contribution is 5.37. The lowest BCUT2D eigenvalue weighted by atomic mass is 10.0. The van der Waals surface area contributed by atoms with Gasteiger partial charge in [-0.15, -0.1) is 0 Å². The largest absolute Gasteiger partial charge is 0.496 e. The van der Waals surface area contributed by atoms with E-state index in [1.54, 1.807) is 13.2 Å². The lowest BCUT2D eigenvalue weighted by Crippen LogP contribution is -1.94. The molecule has 0 saturated heterocycles. The zero-order valence-corrected chi connectivity index (χ0v) is 8.85. The van der Waals surface area contributed by atoms with Gasteiger partial charge in [0.05, 0.1) is 7.11 Å². The topological polar surface area (TPSA) is 9.23 Å². The van der Waals surface area contributed by atoms with Gasteiger partial charge in [-0.05, 0) is 36.1 Å². The van der Waals surface area contributed by atoms with Gasteiger partial charge < -0.3 is 4.74 Å². The molecule has 0 aliphatic carbocycles. The summed E-state index contributed by atoms with van der Waals surface area (Å²) < 4.78 is 17.6. The van der Waals surface area contributed by atoms with Gasteiger partial charge in [0, 0.05) is 0 Å². The number of unbranched alkanes of at least 4 members (excludes halogenated alkanes) is 1. The average Bonchev–Trinajstić information content (AvgIpc) is 2.25. The number of ether oxygens (including phenoxy) is 1. The maximum atomic E-state index is 12.4. The molecule has 0 saturated carbocycles. The quantitative estimate of drug-likeness (QED) is 0.700. The molecule has 0 N–H and O–H groups in total. The van der Waals surface area contributed by atoms with Crippen molar-refractivity contribution in [1.82, 2.24) is 0 Å². The fourth-order valence-electron chi connectivity index (χ4n) is 1.48. The molecule has 2 heteroatoms. The number of aryl methyl sites for hydroxylation is 1. The summed E-state index contributed by atoms with van der Waals surface area (Å²) in [6.45, 7) is 1.74. The summed E-state index contributed by atoms with van der Waals surface area (Å²) in [5.74, 6) is 0.871. The van der Waals surface area contributed by atoms with Crippen LogP contribution >= 0.6 is 0 Å². The molecule has 1 nitrogen and oxygen atoms in total. The van der Waals surface area contributed by atoms with Gasteiger partial charge in [0.2, 0.25) is 0 Å². The zero-order valence-electron chi connectivity index (χ0n) is 8.85. The molecule has 0 atom stereocenters. The fraction of sp³-hybridized carbons (Fsp3) is 0.500. The highest BCUT2D eigenvalue weighted by atomic mass is 19.1. The van der Waals surface area contributed by atoms with Crippen molar-refractivity contribution in [3.8, 4) is 5.75 Å². The maximum absolute atomic E-state index is 12.4. The molecule has 0 aliphatic rings. The van der Waals surface area contributed by atoms with E-state index in [1.807, 2.05) is 12.1 Å². The van der Waals surface area contributed by atoms with Crippen LogP contribution in [0, 0.1) is 0 Å². The van der Waals surface area contributed by atoms with E-state index < -0.39 is 6.67 Å². The minimum Gasteiger partial charge on any atom is -0.496 e. The molecule has 0 fully saturated rings. The van der Waals surface area contributed by atoms with E-state index in [-0.39, 0.29) is 0 Å². The van der Waals surface area contributed by atoms with Gasteiger partial charge in [-0.25, -0.2) is 4.39 Å². The van der Waals surface area contributed by atoms with Gasteiger partial charge in [-0.3, -0.25) is 0 Å². The molecule has 0 bridgehead atoms. The van der Waals surface area contributed by atoms with Gasteiger partial charge >= 0.3 is 0 Å². The first-order chi connectivity index (χ1) is 6.81. The van der Waals surface area contributed by atoms with Crippen LogP contribution in [0.5, 0.6) is 5.75 Å². The normalized spacial score (nSPS) is 10.2. The fourth-order valence-corrected chi connectivity index (χ4v) is 1.48. The van der Waals surface area contributed by atoms with Gasteiger partial charge in [-0.2, -0.15) is 0 Å². The Morgan fingerprint density at radius 3 is 2.71 bits per heavy atom. The van der Waals surface area contributed by atoms with E-state index >= 15 is 0 Å². The molecule has 0 amide bonds. The van der Waals surface area contributed by atoms with Gasteiger partial charge in [0.1, 0.15) is 12.4 Å². The first kappa shape index (κ1) is 11.0. The Hall–Kier alpha value is -1.05. The molecule has 0 radical (unpaired) electrons. The molecule has 1 aromatic rings. The number of alkyl halides is 1. The third-order valence-corrected chi connectivity index (χ3v) is 2.30. The van der Waals surface area contributed by atoms with E-state index in [1.165, 1.54) is 0 Å². The van der Waals surface area contributed by atoms with Crippen LogP contribution in [0.2, 0.25) is 0 Å². The van der Waals surface area contributed by atoms with Crippen LogP contribution in [-0.2, 0) is 13.1 Å². The Morgan fingerprint density at radius 1 is 1.36 bits per heavy atom. The minimum atomic E-state index is -0.400. The van der Waals surface area contributed by atoms with E-state index in [0.717, 1.165) is 36.1 Å². The lowest BCUT2D eigenvalue weighted by Gasteiger charge is -2.08. The first-order valence-corrected chi connectivity index (χ1v) is 5.03. The Bertz CT molecular complexity index is 284. The number of hydrogen-bond acceptors (Lipinski definition) is 1. The van der Waals surface area contributed by atoms with E-state index in [4.69, 9.17) is 4.74 Å². The smallest absolute Gasteiger partial charge is 0.122 e. The Labute approximate surface area is 84.9 Å². The Morgan fingerprint density at radius 2 is 2.14 bits per heavy atom. The molecule has 0 aliphatic heterocycles. The van der Waals surface area contributed by atoms with Crippen LogP contribution in [0.4, 0.5) is 4.39 Å². The van der Waals surface area contributed by atoms with Crippen LogP contribution in [0.25, 0.3) is 0 Å².